The Morgan fingerprint density at radius 1 is 1.21 bits per heavy atom. The number of benzene rings is 1. The first-order chi connectivity index (χ1) is 13.7. The molecule has 150 valence electrons. The number of ether oxygens (including phenoxy) is 1. The van der Waals surface area contributed by atoms with E-state index < -0.39 is 0 Å². The fraction of sp³-hybridized carbons (Fsp3) is 0.429. The largest absolute Gasteiger partial charge is 0.508 e. The number of nitrogens with zero attached hydrogens (tertiary/aromatic N) is 4. The van der Waals surface area contributed by atoms with Crippen LogP contribution in [0, 0.1) is 0 Å². The molecule has 2 heterocycles. The summed E-state index contributed by atoms with van der Waals surface area (Å²) in [7, 11) is 1.59. The Bertz CT molecular complexity index is 774. The summed E-state index contributed by atoms with van der Waals surface area (Å²) in [4.78, 5) is 13.8. The lowest BCUT2D eigenvalue weighted by Gasteiger charge is -2.37. The van der Waals surface area contributed by atoms with Crippen LogP contribution in [0.2, 0.25) is 0 Å². The molecule has 0 amide bonds. The quantitative estimate of drug-likeness (QED) is 0.588. The first kappa shape index (κ1) is 19.8. The third-order valence-corrected chi connectivity index (χ3v) is 4.82. The molecule has 1 aliphatic heterocycles. The molecule has 3 rings (SSSR count). The number of aliphatic imine (C=N–C) groups is 1. The summed E-state index contributed by atoms with van der Waals surface area (Å²) in [5, 5.41) is 13.5. The third-order valence-electron chi connectivity index (χ3n) is 4.82. The molecule has 1 aromatic carbocycles. The van der Waals surface area contributed by atoms with Gasteiger partial charge in [0.15, 0.2) is 5.96 Å². The number of phenolic OH excluding ortho intramolecular Hbond substituents is 1. The summed E-state index contributed by atoms with van der Waals surface area (Å²) in [6.07, 6.45) is 2.51. The molecule has 1 fully saturated rings. The monoisotopic (exact) mass is 383 g/mol. The Kier molecular flexibility index (Phi) is 6.94. The SMILES string of the molecule is CCNC(=NCCc1ccc(OC)cc1O)N1CCN(c2ccccn2)CC1. The van der Waals surface area contributed by atoms with Crippen molar-refractivity contribution in [3.05, 3.63) is 48.2 Å². The summed E-state index contributed by atoms with van der Waals surface area (Å²) in [6.45, 7) is 7.15. The van der Waals surface area contributed by atoms with E-state index in [9.17, 15) is 5.11 Å². The molecule has 0 spiro atoms. The van der Waals surface area contributed by atoms with Gasteiger partial charge in [-0.3, -0.25) is 4.99 Å². The second kappa shape index (κ2) is 9.82. The molecule has 0 radical (unpaired) electrons. The van der Waals surface area contributed by atoms with E-state index in [2.05, 4.69) is 33.1 Å². The molecule has 0 unspecified atom stereocenters. The van der Waals surface area contributed by atoms with E-state index in [4.69, 9.17) is 9.73 Å². The van der Waals surface area contributed by atoms with E-state index >= 15 is 0 Å². The van der Waals surface area contributed by atoms with Crippen LogP contribution in [0.1, 0.15) is 12.5 Å². The number of aromatic nitrogens is 1. The lowest BCUT2D eigenvalue weighted by Crippen LogP contribution is -2.52. The van der Waals surface area contributed by atoms with Gasteiger partial charge < -0.3 is 25.0 Å². The molecule has 1 aromatic heterocycles. The summed E-state index contributed by atoms with van der Waals surface area (Å²) in [5.41, 5.74) is 0.875. The van der Waals surface area contributed by atoms with E-state index in [0.29, 0.717) is 18.7 Å². The molecule has 0 saturated carbocycles. The minimum Gasteiger partial charge on any atom is -0.508 e. The standard InChI is InChI=1S/C21H29N5O2/c1-3-22-21(24-11-9-17-7-8-18(28-2)16-19(17)27)26-14-12-25(13-15-26)20-6-4-5-10-23-20/h4-8,10,16,27H,3,9,11-15H2,1-2H3,(H,22,24). The summed E-state index contributed by atoms with van der Waals surface area (Å²) < 4.78 is 5.13. The average Bonchev–Trinajstić information content (AvgIpc) is 2.75. The van der Waals surface area contributed by atoms with Crippen molar-refractivity contribution in [2.45, 2.75) is 13.3 Å². The van der Waals surface area contributed by atoms with Crippen molar-refractivity contribution in [1.29, 1.82) is 0 Å². The van der Waals surface area contributed by atoms with Gasteiger partial charge in [0.1, 0.15) is 17.3 Å². The average molecular weight is 383 g/mol. The number of aromatic hydroxyl groups is 1. The Morgan fingerprint density at radius 2 is 2.04 bits per heavy atom. The molecule has 0 bridgehead atoms. The highest BCUT2D eigenvalue weighted by Gasteiger charge is 2.20. The fourth-order valence-electron chi connectivity index (χ4n) is 3.28. The number of methoxy groups -OCH3 is 1. The van der Waals surface area contributed by atoms with Crippen LogP contribution in [-0.4, -0.2) is 67.3 Å². The number of anilines is 1. The van der Waals surface area contributed by atoms with Crippen LogP contribution in [0.25, 0.3) is 0 Å². The van der Waals surface area contributed by atoms with Crippen LogP contribution in [0.3, 0.4) is 0 Å². The van der Waals surface area contributed by atoms with Crippen LogP contribution >= 0.6 is 0 Å². The smallest absolute Gasteiger partial charge is 0.194 e. The van der Waals surface area contributed by atoms with Gasteiger partial charge in [-0.15, -0.1) is 0 Å². The highest BCUT2D eigenvalue weighted by Crippen LogP contribution is 2.23. The van der Waals surface area contributed by atoms with Crippen LogP contribution < -0.4 is 15.0 Å². The molecule has 7 heteroatoms. The van der Waals surface area contributed by atoms with Crippen LogP contribution in [-0.2, 0) is 6.42 Å². The van der Waals surface area contributed by atoms with Gasteiger partial charge in [0.05, 0.1) is 7.11 Å². The molecule has 28 heavy (non-hydrogen) atoms. The van der Waals surface area contributed by atoms with Crippen molar-refractivity contribution in [1.82, 2.24) is 15.2 Å². The maximum Gasteiger partial charge on any atom is 0.194 e. The lowest BCUT2D eigenvalue weighted by atomic mass is 10.1. The van der Waals surface area contributed by atoms with Crippen LogP contribution in [0.5, 0.6) is 11.5 Å². The summed E-state index contributed by atoms with van der Waals surface area (Å²) in [5.74, 6) is 2.86. The molecule has 0 atom stereocenters. The number of hydrogen-bond donors (Lipinski definition) is 2. The van der Waals surface area contributed by atoms with Gasteiger partial charge in [0.2, 0.25) is 0 Å². The molecule has 7 nitrogen and oxygen atoms in total. The van der Waals surface area contributed by atoms with Gasteiger partial charge in [-0.05, 0) is 37.1 Å². The Morgan fingerprint density at radius 3 is 2.68 bits per heavy atom. The minimum atomic E-state index is 0.253. The number of hydrogen-bond acceptors (Lipinski definition) is 5. The summed E-state index contributed by atoms with van der Waals surface area (Å²) in [6, 6.07) is 11.4. The third kappa shape index (κ3) is 5.06. The number of pyridine rings is 1. The van der Waals surface area contributed by atoms with Gasteiger partial charge in [0.25, 0.3) is 0 Å². The Balaban J connectivity index is 1.57. The number of guanidine groups is 1. The van der Waals surface area contributed by atoms with E-state index in [-0.39, 0.29) is 5.75 Å². The minimum absolute atomic E-state index is 0.253. The van der Waals surface area contributed by atoms with E-state index in [0.717, 1.165) is 50.1 Å². The molecular weight excluding hydrogens is 354 g/mol. The predicted octanol–water partition coefficient (Wildman–Crippen LogP) is 2.13. The van der Waals surface area contributed by atoms with Gasteiger partial charge in [-0.1, -0.05) is 12.1 Å². The summed E-state index contributed by atoms with van der Waals surface area (Å²) >= 11 is 0. The van der Waals surface area contributed by atoms with Crippen molar-refractivity contribution in [3.63, 3.8) is 0 Å². The molecule has 2 aromatic rings. The first-order valence-electron chi connectivity index (χ1n) is 9.76. The lowest BCUT2D eigenvalue weighted by molar-refractivity contribution is 0.371. The van der Waals surface area contributed by atoms with Gasteiger partial charge in [-0.2, -0.15) is 0 Å². The second-order valence-corrected chi connectivity index (χ2v) is 6.64. The van der Waals surface area contributed by atoms with Crippen LogP contribution in [0.15, 0.2) is 47.6 Å². The van der Waals surface area contributed by atoms with Gasteiger partial charge in [0, 0.05) is 51.5 Å². The van der Waals surface area contributed by atoms with E-state index in [1.807, 2.05) is 30.5 Å². The van der Waals surface area contributed by atoms with Crippen molar-refractivity contribution >= 4 is 11.8 Å². The Hall–Kier alpha value is -2.96. The molecular formula is C21H29N5O2. The molecule has 2 N–H and O–H groups in total. The maximum absolute atomic E-state index is 10.1. The number of rotatable bonds is 6. The van der Waals surface area contributed by atoms with E-state index in [1.165, 1.54) is 0 Å². The normalized spacial score (nSPS) is 14.9. The highest BCUT2D eigenvalue weighted by molar-refractivity contribution is 5.80. The zero-order chi connectivity index (χ0) is 19.8. The number of nitrogens with one attached hydrogen (secondary N) is 1. The first-order valence-corrected chi connectivity index (χ1v) is 9.76. The van der Waals surface area contributed by atoms with Crippen molar-refractivity contribution in [2.75, 3.05) is 51.3 Å². The molecule has 0 aliphatic carbocycles. The maximum atomic E-state index is 10.1. The topological polar surface area (TPSA) is 73.2 Å². The van der Waals surface area contributed by atoms with Gasteiger partial charge in [-0.25, -0.2) is 4.98 Å². The number of piperazine rings is 1. The zero-order valence-corrected chi connectivity index (χ0v) is 16.6. The fourth-order valence-corrected chi connectivity index (χ4v) is 3.28. The number of phenols is 1. The zero-order valence-electron chi connectivity index (χ0n) is 16.6. The second-order valence-electron chi connectivity index (χ2n) is 6.64. The van der Waals surface area contributed by atoms with E-state index in [1.54, 1.807) is 13.2 Å². The highest BCUT2D eigenvalue weighted by atomic mass is 16.5. The molecule has 1 saturated heterocycles. The van der Waals surface area contributed by atoms with Crippen molar-refractivity contribution < 1.29 is 9.84 Å². The van der Waals surface area contributed by atoms with Gasteiger partial charge >= 0.3 is 0 Å². The van der Waals surface area contributed by atoms with Crippen LogP contribution in [0.4, 0.5) is 5.82 Å². The molecule has 1 aliphatic rings. The van der Waals surface area contributed by atoms with Crippen molar-refractivity contribution in [3.8, 4) is 11.5 Å². The Labute approximate surface area is 166 Å². The predicted molar refractivity (Wildman–Crippen MR) is 112 cm³/mol. The van der Waals surface area contributed by atoms with Crippen molar-refractivity contribution in [2.24, 2.45) is 4.99 Å².